The van der Waals surface area contributed by atoms with Crippen LogP contribution in [-0.2, 0) is 0 Å². The average molecular weight is 244 g/mol. The van der Waals surface area contributed by atoms with Crippen LogP contribution < -0.4 is 0 Å². The minimum Gasteiger partial charge on any atom is -0.358 e. The largest absolute Gasteiger partial charge is 0.358 e. The molecule has 0 saturated heterocycles. The van der Waals surface area contributed by atoms with Crippen molar-refractivity contribution >= 4 is 28.3 Å². The van der Waals surface area contributed by atoms with Crippen molar-refractivity contribution in [3.63, 3.8) is 0 Å². The molecule has 0 spiro atoms. The zero-order valence-electron chi connectivity index (χ0n) is 9.23. The lowest BCUT2D eigenvalue weighted by atomic mass is 10.5. The molecule has 15 heavy (non-hydrogen) atoms. The third-order valence-electron chi connectivity index (χ3n) is 2.12. The predicted octanol–water partition coefficient (Wildman–Crippen LogP) is 2.23. The topological polar surface area (TPSA) is 44.8 Å². The van der Waals surface area contributed by atoms with Crippen LogP contribution in [0.25, 0.3) is 0 Å². The molecule has 0 radical (unpaired) electrons. The van der Waals surface area contributed by atoms with Crippen LogP contribution in [-0.4, -0.2) is 37.5 Å². The fourth-order valence-electron chi connectivity index (χ4n) is 1.17. The standard InChI is InChI=1S/C9H16N4S2/c1-4-13(5-2)9(14)15-7(3)8-10-6-11-12-8/h6-7H,4-5H2,1-3H3,(H,10,11,12). The van der Waals surface area contributed by atoms with Crippen LogP contribution in [0.15, 0.2) is 6.33 Å². The van der Waals surface area contributed by atoms with E-state index in [1.165, 1.54) is 6.33 Å². The van der Waals surface area contributed by atoms with Crippen molar-refractivity contribution in [2.24, 2.45) is 0 Å². The second kappa shape index (κ2) is 6.07. The van der Waals surface area contributed by atoms with Gasteiger partial charge in [0.2, 0.25) is 0 Å². The maximum absolute atomic E-state index is 5.35. The molecule has 0 aliphatic heterocycles. The first-order valence-electron chi connectivity index (χ1n) is 4.99. The van der Waals surface area contributed by atoms with Crippen molar-refractivity contribution in [1.29, 1.82) is 0 Å². The Morgan fingerprint density at radius 2 is 2.27 bits per heavy atom. The van der Waals surface area contributed by atoms with E-state index >= 15 is 0 Å². The van der Waals surface area contributed by atoms with E-state index in [0.717, 1.165) is 23.2 Å². The van der Waals surface area contributed by atoms with E-state index in [4.69, 9.17) is 12.2 Å². The summed E-state index contributed by atoms with van der Waals surface area (Å²) < 4.78 is 0.920. The molecule has 0 aromatic carbocycles. The molecule has 1 heterocycles. The van der Waals surface area contributed by atoms with Crippen molar-refractivity contribution in [2.45, 2.75) is 26.0 Å². The molecule has 1 rings (SSSR count). The Balaban J connectivity index is 2.51. The average Bonchev–Trinajstić information content (AvgIpc) is 2.72. The Morgan fingerprint density at radius 1 is 1.60 bits per heavy atom. The summed E-state index contributed by atoms with van der Waals surface area (Å²) in [6.07, 6.45) is 1.52. The van der Waals surface area contributed by atoms with Crippen molar-refractivity contribution in [2.75, 3.05) is 13.1 Å². The van der Waals surface area contributed by atoms with Crippen LogP contribution in [0.5, 0.6) is 0 Å². The SMILES string of the molecule is CCN(CC)C(=S)SC(C)c1ncn[nH]1. The first kappa shape index (κ1) is 12.4. The quantitative estimate of drug-likeness (QED) is 0.823. The van der Waals surface area contributed by atoms with Gasteiger partial charge in [-0.1, -0.05) is 24.0 Å². The molecule has 0 aliphatic rings. The highest BCUT2D eigenvalue weighted by atomic mass is 32.2. The smallest absolute Gasteiger partial charge is 0.137 e. The zero-order chi connectivity index (χ0) is 11.3. The Hall–Kier alpha value is -0.620. The number of thiocarbonyl (C=S) groups is 1. The van der Waals surface area contributed by atoms with Crippen molar-refractivity contribution in [3.05, 3.63) is 12.2 Å². The molecule has 1 aromatic heterocycles. The van der Waals surface area contributed by atoms with E-state index in [1.807, 2.05) is 0 Å². The van der Waals surface area contributed by atoms with Crippen LogP contribution in [0.3, 0.4) is 0 Å². The summed E-state index contributed by atoms with van der Waals surface area (Å²) in [5, 5.41) is 6.91. The number of H-pyrrole nitrogens is 1. The van der Waals surface area contributed by atoms with Crippen LogP contribution in [0, 0.1) is 0 Å². The van der Waals surface area contributed by atoms with E-state index in [0.29, 0.717) is 0 Å². The van der Waals surface area contributed by atoms with Gasteiger partial charge in [-0.15, -0.1) is 0 Å². The van der Waals surface area contributed by atoms with E-state index in [2.05, 4.69) is 40.9 Å². The Morgan fingerprint density at radius 3 is 2.73 bits per heavy atom. The Kier molecular flexibility index (Phi) is 5.04. The van der Waals surface area contributed by atoms with Crippen molar-refractivity contribution in [1.82, 2.24) is 20.1 Å². The van der Waals surface area contributed by atoms with Gasteiger partial charge in [0.25, 0.3) is 0 Å². The molecule has 1 unspecified atom stereocenters. The van der Waals surface area contributed by atoms with Gasteiger partial charge in [-0.3, -0.25) is 5.10 Å². The highest BCUT2D eigenvalue weighted by molar-refractivity contribution is 8.23. The lowest BCUT2D eigenvalue weighted by Crippen LogP contribution is -2.27. The minimum absolute atomic E-state index is 0.223. The van der Waals surface area contributed by atoms with E-state index < -0.39 is 0 Å². The summed E-state index contributed by atoms with van der Waals surface area (Å²) in [5.41, 5.74) is 0. The lowest BCUT2D eigenvalue weighted by molar-refractivity contribution is 0.482. The van der Waals surface area contributed by atoms with Gasteiger partial charge in [-0.05, 0) is 20.8 Å². The molecule has 1 N–H and O–H groups in total. The lowest BCUT2D eigenvalue weighted by Gasteiger charge is -2.22. The number of rotatable bonds is 4. The number of hydrogen-bond donors (Lipinski definition) is 1. The van der Waals surface area contributed by atoms with Gasteiger partial charge in [0, 0.05) is 13.1 Å². The summed E-state index contributed by atoms with van der Waals surface area (Å²) in [6, 6.07) is 0. The fourth-order valence-corrected chi connectivity index (χ4v) is 2.80. The minimum atomic E-state index is 0.223. The number of thioether (sulfide) groups is 1. The summed E-state index contributed by atoms with van der Waals surface area (Å²) >= 11 is 6.99. The molecule has 0 aliphatic carbocycles. The summed E-state index contributed by atoms with van der Waals surface area (Å²) in [5.74, 6) is 0.870. The van der Waals surface area contributed by atoms with Gasteiger partial charge >= 0.3 is 0 Å². The number of nitrogens with zero attached hydrogens (tertiary/aromatic N) is 3. The molecule has 0 fully saturated rings. The molecular formula is C9H16N4S2. The van der Waals surface area contributed by atoms with E-state index in [9.17, 15) is 0 Å². The first-order chi connectivity index (χ1) is 7.19. The second-order valence-corrected chi connectivity index (χ2v) is 5.04. The number of hydrogen-bond acceptors (Lipinski definition) is 4. The van der Waals surface area contributed by atoms with Gasteiger partial charge in [0.05, 0.1) is 5.25 Å². The van der Waals surface area contributed by atoms with E-state index in [-0.39, 0.29) is 5.25 Å². The van der Waals surface area contributed by atoms with Gasteiger partial charge in [0.15, 0.2) is 0 Å². The molecule has 0 bridgehead atoms. The maximum Gasteiger partial charge on any atom is 0.137 e. The number of aromatic nitrogens is 3. The Labute approximate surface area is 99.8 Å². The molecule has 1 aromatic rings. The van der Waals surface area contributed by atoms with Gasteiger partial charge in [-0.2, -0.15) is 5.10 Å². The first-order valence-corrected chi connectivity index (χ1v) is 6.28. The second-order valence-electron chi connectivity index (χ2n) is 3.07. The monoisotopic (exact) mass is 244 g/mol. The summed E-state index contributed by atoms with van der Waals surface area (Å²) in [4.78, 5) is 6.27. The maximum atomic E-state index is 5.35. The summed E-state index contributed by atoms with van der Waals surface area (Å²) in [7, 11) is 0. The molecule has 6 heteroatoms. The molecule has 0 amide bonds. The predicted molar refractivity (Wildman–Crippen MR) is 67.9 cm³/mol. The third-order valence-corrected chi connectivity index (χ3v) is 3.70. The van der Waals surface area contributed by atoms with Crippen LogP contribution >= 0.6 is 24.0 Å². The van der Waals surface area contributed by atoms with E-state index in [1.54, 1.807) is 11.8 Å². The molecule has 4 nitrogen and oxygen atoms in total. The third kappa shape index (κ3) is 3.46. The fraction of sp³-hybridized carbons (Fsp3) is 0.667. The number of aromatic amines is 1. The molecule has 1 atom stereocenters. The van der Waals surface area contributed by atoms with Crippen LogP contribution in [0.1, 0.15) is 31.8 Å². The van der Waals surface area contributed by atoms with Gasteiger partial charge in [-0.25, -0.2) is 4.98 Å². The summed E-state index contributed by atoms with van der Waals surface area (Å²) in [6.45, 7) is 8.18. The molecule has 84 valence electrons. The van der Waals surface area contributed by atoms with Gasteiger partial charge in [0.1, 0.15) is 16.5 Å². The molecule has 0 saturated carbocycles. The molecular weight excluding hydrogens is 228 g/mol. The number of nitrogens with one attached hydrogen (secondary N) is 1. The Bertz CT molecular complexity index is 295. The van der Waals surface area contributed by atoms with Crippen molar-refractivity contribution in [3.8, 4) is 0 Å². The van der Waals surface area contributed by atoms with Crippen LogP contribution in [0.4, 0.5) is 0 Å². The van der Waals surface area contributed by atoms with Gasteiger partial charge < -0.3 is 4.90 Å². The highest BCUT2D eigenvalue weighted by Crippen LogP contribution is 2.27. The van der Waals surface area contributed by atoms with Crippen LogP contribution in [0.2, 0.25) is 0 Å². The zero-order valence-corrected chi connectivity index (χ0v) is 10.9. The normalized spacial score (nSPS) is 12.5. The highest BCUT2D eigenvalue weighted by Gasteiger charge is 2.14. The van der Waals surface area contributed by atoms with Crippen molar-refractivity contribution < 1.29 is 0 Å².